The van der Waals surface area contributed by atoms with Gasteiger partial charge in [-0.3, -0.25) is 9.59 Å². The number of aryl methyl sites for hydroxylation is 1. The van der Waals surface area contributed by atoms with E-state index in [1.54, 1.807) is 4.90 Å². The minimum Gasteiger partial charge on any atom is -0.380 e. The molecule has 1 aliphatic carbocycles. The standard InChI is InChI=1S/C18H23F2N3O3/c19-18(20)6-14(7-18)22-16(25)17-10-23(8-12(17)9-26-11-17)15(24)4-3-13-2-1-5-21-13/h1-2,5,12,14,21H,3-4,6-11H2,(H,22,25)/t12-,17-/m1/s1. The summed E-state index contributed by atoms with van der Waals surface area (Å²) in [6, 6.07) is 3.34. The molecule has 2 atom stereocenters. The van der Waals surface area contributed by atoms with Crippen molar-refractivity contribution in [3.8, 4) is 0 Å². The topological polar surface area (TPSA) is 74.4 Å². The Labute approximate surface area is 150 Å². The van der Waals surface area contributed by atoms with Gasteiger partial charge in [0, 0.05) is 56.2 Å². The number of alkyl halides is 2. The average Bonchev–Trinajstić information content (AvgIpc) is 3.26. The Morgan fingerprint density at radius 1 is 1.38 bits per heavy atom. The van der Waals surface area contributed by atoms with E-state index in [0.717, 1.165) is 5.69 Å². The molecule has 0 spiro atoms. The number of carbonyl (C=O) groups excluding carboxylic acids is 2. The van der Waals surface area contributed by atoms with E-state index in [4.69, 9.17) is 4.74 Å². The van der Waals surface area contributed by atoms with Crippen LogP contribution in [0.5, 0.6) is 0 Å². The van der Waals surface area contributed by atoms with Crippen molar-refractivity contribution in [2.24, 2.45) is 11.3 Å². The lowest BCUT2D eigenvalue weighted by Crippen LogP contribution is -2.56. The highest BCUT2D eigenvalue weighted by molar-refractivity contribution is 5.86. The fourth-order valence-corrected chi connectivity index (χ4v) is 4.26. The first-order valence-electron chi connectivity index (χ1n) is 9.05. The van der Waals surface area contributed by atoms with Gasteiger partial charge in [-0.25, -0.2) is 8.78 Å². The third kappa shape index (κ3) is 3.11. The van der Waals surface area contributed by atoms with Crippen LogP contribution in [-0.4, -0.2) is 60.0 Å². The van der Waals surface area contributed by atoms with Crippen LogP contribution in [0.3, 0.4) is 0 Å². The Morgan fingerprint density at radius 2 is 2.19 bits per heavy atom. The highest BCUT2D eigenvalue weighted by Gasteiger charge is 2.58. The van der Waals surface area contributed by atoms with Crippen LogP contribution < -0.4 is 5.32 Å². The summed E-state index contributed by atoms with van der Waals surface area (Å²) in [5.74, 6) is -2.98. The van der Waals surface area contributed by atoms with E-state index in [1.165, 1.54) is 0 Å². The van der Waals surface area contributed by atoms with Gasteiger partial charge in [-0.05, 0) is 18.6 Å². The normalized spacial score (nSPS) is 30.1. The third-order valence-corrected chi connectivity index (χ3v) is 5.87. The number of aromatic nitrogens is 1. The molecular formula is C18H23F2N3O3. The van der Waals surface area contributed by atoms with Gasteiger partial charge in [0.15, 0.2) is 0 Å². The molecule has 2 amide bonds. The third-order valence-electron chi connectivity index (χ3n) is 5.87. The van der Waals surface area contributed by atoms with Gasteiger partial charge in [0.05, 0.1) is 18.6 Å². The van der Waals surface area contributed by atoms with Crippen molar-refractivity contribution in [1.82, 2.24) is 15.2 Å². The number of ether oxygens (including phenoxy) is 1. The molecule has 0 bridgehead atoms. The van der Waals surface area contributed by atoms with Crippen LogP contribution >= 0.6 is 0 Å². The van der Waals surface area contributed by atoms with Crippen LogP contribution in [-0.2, 0) is 20.7 Å². The number of rotatable bonds is 5. The van der Waals surface area contributed by atoms with E-state index in [0.29, 0.717) is 32.5 Å². The summed E-state index contributed by atoms with van der Waals surface area (Å²) in [7, 11) is 0. The smallest absolute Gasteiger partial charge is 0.252 e. The molecule has 0 unspecified atom stereocenters. The molecule has 142 valence electrons. The molecule has 3 fully saturated rings. The lowest BCUT2D eigenvalue weighted by atomic mass is 9.79. The average molecular weight is 367 g/mol. The SMILES string of the molecule is O=C(CCc1ccc[nH]1)N1C[C@@H]2COC[C@]2(C(=O)NC2CC(F)(F)C2)C1. The second-order valence-electron chi connectivity index (χ2n) is 7.77. The molecular weight excluding hydrogens is 344 g/mol. The maximum atomic E-state index is 13.0. The van der Waals surface area contributed by atoms with Gasteiger partial charge in [-0.2, -0.15) is 0 Å². The number of hydrogen-bond acceptors (Lipinski definition) is 3. The first-order chi connectivity index (χ1) is 12.4. The molecule has 0 aromatic carbocycles. The molecule has 2 aliphatic heterocycles. The molecule has 4 rings (SSSR count). The number of amides is 2. The van der Waals surface area contributed by atoms with Crippen molar-refractivity contribution in [3.63, 3.8) is 0 Å². The fourth-order valence-electron chi connectivity index (χ4n) is 4.26. The largest absolute Gasteiger partial charge is 0.380 e. The number of hydrogen-bond donors (Lipinski definition) is 2. The van der Waals surface area contributed by atoms with Crippen LogP contribution in [0.25, 0.3) is 0 Å². The Balaban J connectivity index is 1.36. The quantitative estimate of drug-likeness (QED) is 0.825. The van der Waals surface area contributed by atoms with Crippen LogP contribution in [0, 0.1) is 11.3 Å². The van der Waals surface area contributed by atoms with Gasteiger partial charge in [-0.1, -0.05) is 0 Å². The number of aromatic amines is 1. The predicted molar refractivity (Wildman–Crippen MR) is 88.5 cm³/mol. The maximum Gasteiger partial charge on any atom is 0.252 e. The van der Waals surface area contributed by atoms with Crippen molar-refractivity contribution in [2.75, 3.05) is 26.3 Å². The van der Waals surface area contributed by atoms with E-state index in [1.807, 2.05) is 18.3 Å². The fraction of sp³-hybridized carbons (Fsp3) is 0.667. The number of nitrogens with one attached hydrogen (secondary N) is 2. The summed E-state index contributed by atoms with van der Waals surface area (Å²) in [5, 5.41) is 2.75. The molecule has 3 aliphatic rings. The van der Waals surface area contributed by atoms with Crippen LogP contribution in [0.2, 0.25) is 0 Å². The van der Waals surface area contributed by atoms with E-state index >= 15 is 0 Å². The number of H-pyrrole nitrogens is 1. The van der Waals surface area contributed by atoms with Gasteiger partial charge in [0.1, 0.15) is 0 Å². The Morgan fingerprint density at radius 3 is 2.88 bits per heavy atom. The van der Waals surface area contributed by atoms with Crippen LogP contribution in [0.15, 0.2) is 18.3 Å². The number of carbonyl (C=O) groups is 2. The van der Waals surface area contributed by atoms with Crippen molar-refractivity contribution in [1.29, 1.82) is 0 Å². The van der Waals surface area contributed by atoms with E-state index < -0.39 is 17.4 Å². The first kappa shape index (κ1) is 17.5. The highest BCUT2D eigenvalue weighted by atomic mass is 19.3. The molecule has 1 aromatic heterocycles. The van der Waals surface area contributed by atoms with Crippen LogP contribution in [0.1, 0.15) is 25.0 Å². The van der Waals surface area contributed by atoms with Gasteiger partial charge in [0.2, 0.25) is 11.8 Å². The first-order valence-corrected chi connectivity index (χ1v) is 9.05. The molecule has 3 heterocycles. The summed E-state index contributed by atoms with van der Waals surface area (Å²) >= 11 is 0. The minimum atomic E-state index is -2.67. The predicted octanol–water partition coefficient (Wildman–Crippen LogP) is 1.34. The van der Waals surface area contributed by atoms with Crippen molar-refractivity contribution >= 4 is 11.8 Å². The molecule has 2 N–H and O–H groups in total. The molecule has 1 aromatic rings. The second-order valence-corrected chi connectivity index (χ2v) is 7.77. The molecule has 8 heteroatoms. The second kappa shape index (κ2) is 6.33. The molecule has 1 saturated carbocycles. The van der Waals surface area contributed by atoms with E-state index in [2.05, 4.69) is 10.3 Å². The lowest BCUT2D eigenvalue weighted by molar-refractivity contribution is -0.139. The number of likely N-dealkylation sites (tertiary alicyclic amines) is 1. The zero-order chi connectivity index (χ0) is 18.4. The number of fused-ring (bicyclic) bond motifs is 1. The number of nitrogens with zero attached hydrogens (tertiary/aromatic N) is 1. The highest BCUT2D eigenvalue weighted by Crippen LogP contribution is 2.43. The monoisotopic (exact) mass is 367 g/mol. The molecule has 6 nitrogen and oxygen atoms in total. The van der Waals surface area contributed by atoms with Crippen molar-refractivity contribution in [3.05, 3.63) is 24.0 Å². The van der Waals surface area contributed by atoms with Gasteiger partial charge in [0.25, 0.3) is 5.92 Å². The van der Waals surface area contributed by atoms with Crippen LogP contribution in [0.4, 0.5) is 8.78 Å². The lowest BCUT2D eigenvalue weighted by Gasteiger charge is -2.37. The van der Waals surface area contributed by atoms with E-state index in [9.17, 15) is 18.4 Å². The van der Waals surface area contributed by atoms with Crippen molar-refractivity contribution < 1.29 is 23.1 Å². The van der Waals surface area contributed by atoms with E-state index in [-0.39, 0.29) is 37.2 Å². The maximum absolute atomic E-state index is 13.0. The number of halogens is 2. The molecule has 26 heavy (non-hydrogen) atoms. The summed E-state index contributed by atoms with van der Waals surface area (Å²) in [5.41, 5.74) is 0.201. The summed E-state index contributed by atoms with van der Waals surface area (Å²) in [4.78, 5) is 30.1. The zero-order valence-electron chi connectivity index (χ0n) is 14.5. The molecule has 2 saturated heterocycles. The summed E-state index contributed by atoms with van der Waals surface area (Å²) in [6.07, 6.45) is 2.21. The Kier molecular flexibility index (Phi) is 4.25. The van der Waals surface area contributed by atoms with Gasteiger partial charge >= 0.3 is 0 Å². The summed E-state index contributed by atoms with van der Waals surface area (Å²) < 4.78 is 31.5. The van der Waals surface area contributed by atoms with Crippen molar-refractivity contribution in [2.45, 2.75) is 37.6 Å². The summed E-state index contributed by atoms with van der Waals surface area (Å²) in [6.45, 7) is 1.45. The zero-order valence-corrected chi connectivity index (χ0v) is 14.5. The Bertz CT molecular complexity index is 686. The van der Waals surface area contributed by atoms with Gasteiger partial charge < -0.3 is 19.9 Å². The van der Waals surface area contributed by atoms with Gasteiger partial charge in [-0.15, -0.1) is 0 Å². The Hall–Kier alpha value is -1.96. The molecule has 0 radical (unpaired) electrons. The minimum absolute atomic E-state index is 0.0105.